The van der Waals surface area contributed by atoms with E-state index in [1.807, 2.05) is 31.2 Å². The zero-order chi connectivity index (χ0) is 19.3. The molecule has 1 aliphatic rings. The van der Waals surface area contributed by atoms with E-state index in [0.717, 1.165) is 23.6 Å². The maximum atomic E-state index is 12.7. The molecular weight excluding hydrogens is 374 g/mol. The first-order chi connectivity index (χ1) is 13.7. The van der Waals surface area contributed by atoms with Gasteiger partial charge in [0.05, 0.1) is 17.9 Å². The minimum Gasteiger partial charge on any atom is -0.493 e. The fourth-order valence-electron chi connectivity index (χ4n) is 3.16. The lowest BCUT2D eigenvalue weighted by Gasteiger charge is -2.25. The molecule has 28 heavy (non-hydrogen) atoms. The molecule has 0 saturated heterocycles. The van der Waals surface area contributed by atoms with E-state index >= 15 is 0 Å². The molecule has 6 nitrogen and oxygen atoms in total. The highest BCUT2D eigenvalue weighted by Gasteiger charge is 2.21. The Kier molecular flexibility index (Phi) is 5.62. The van der Waals surface area contributed by atoms with E-state index in [1.54, 1.807) is 18.3 Å². The number of hydrogen-bond acceptors (Lipinski definition) is 6. The van der Waals surface area contributed by atoms with Crippen LogP contribution in [0.15, 0.2) is 58.2 Å². The predicted molar refractivity (Wildman–Crippen MR) is 107 cm³/mol. The van der Waals surface area contributed by atoms with E-state index in [9.17, 15) is 4.79 Å². The third kappa shape index (κ3) is 4.36. The summed E-state index contributed by atoms with van der Waals surface area (Å²) in [7, 11) is 0. The average molecular weight is 395 g/mol. The van der Waals surface area contributed by atoms with Gasteiger partial charge in [-0.05, 0) is 37.1 Å². The molecule has 7 heteroatoms. The molecule has 1 unspecified atom stereocenters. The van der Waals surface area contributed by atoms with Gasteiger partial charge < -0.3 is 14.6 Å². The molecule has 0 radical (unpaired) electrons. The summed E-state index contributed by atoms with van der Waals surface area (Å²) in [5.41, 5.74) is 2.59. The highest BCUT2D eigenvalue weighted by atomic mass is 32.2. The van der Waals surface area contributed by atoms with Crippen molar-refractivity contribution in [2.75, 3.05) is 13.2 Å². The summed E-state index contributed by atoms with van der Waals surface area (Å²) in [6.07, 6.45) is 2.59. The van der Waals surface area contributed by atoms with Crippen LogP contribution in [0.2, 0.25) is 0 Å². The van der Waals surface area contributed by atoms with Gasteiger partial charge in [-0.25, -0.2) is 4.98 Å². The summed E-state index contributed by atoms with van der Waals surface area (Å²) < 4.78 is 10.9. The molecule has 1 N–H and O–H groups in total. The molecule has 1 aromatic carbocycles. The number of nitrogens with one attached hydrogen (secondary N) is 1. The minimum atomic E-state index is -0.120. The van der Waals surface area contributed by atoms with Crippen molar-refractivity contribution in [2.45, 2.75) is 24.1 Å². The molecule has 0 aliphatic carbocycles. The van der Waals surface area contributed by atoms with E-state index in [2.05, 4.69) is 21.5 Å². The van der Waals surface area contributed by atoms with Gasteiger partial charge in [0.2, 0.25) is 0 Å². The van der Waals surface area contributed by atoms with E-state index in [-0.39, 0.29) is 11.8 Å². The molecule has 1 atom stereocenters. The average Bonchev–Trinajstić information content (AvgIpc) is 3.15. The van der Waals surface area contributed by atoms with E-state index in [1.165, 1.54) is 17.3 Å². The normalized spacial score (nSPS) is 15.5. The molecule has 3 aromatic rings. The number of ether oxygens (including phenoxy) is 1. The number of para-hydroxylation sites is 1. The molecule has 0 spiro atoms. The first-order valence-corrected chi connectivity index (χ1v) is 10.2. The summed E-state index contributed by atoms with van der Waals surface area (Å²) in [5.74, 6) is 2.45. The highest BCUT2D eigenvalue weighted by Crippen LogP contribution is 2.27. The first kappa shape index (κ1) is 18.6. The molecule has 1 amide bonds. The van der Waals surface area contributed by atoms with Crippen molar-refractivity contribution in [1.29, 1.82) is 0 Å². The summed E-state index contributed by atoms with van der Waals surface area (Å²) in [4.78, 5) is 17.1. The fraction of sp³-hybridized carbons (Fsp3) is 0.286. The van der Waals surface area contributed by atoms with Crippen molar-refractivity contribution in [3.63, 3.8) is 0 Å². The molecule has 0 bridgehead atoms. The monoisotopic (exact) mass is 395 g/mol. The van der Waals surface area contributed by atoms with Crippen molar-refractivity contribution in [2.24, 2.45) is 5.92 Å². The van der Waals surface area contributed by atoms with Crippen molar-refractivity contribution in [3.8, 4) is 5.75 Å². The van der Waals surface area contributed by atoms with Crippen LogP contribution in [0.25, 0.3) is 0 Å². The Morgan fingerprint density at radius 3 is 3.04 bits per heavy atom. The molecule has 144 valence electrons. The lowest BCUT2D eigenvalue weighted by atomic mass is 9.97. The Balaban J connectivity index is 1.36. The summed E-state index contributed by atoms with van der Waals surface area (Å²) in [6.45, 7) is 3.03. The van der Waals surface area contributed by atoms with Crippen LogP contribution in [0.3, 0.4) is 0 Å². The van der Waals surface area contributed by atoms with Crippen LogP contribution < -0.4 is 10.1 Å². The number of benzene rings is 1. The van der Waals surface area contributed by atoms with Crippen LogP contribution >= 0.6 is 11.8 Å². The number of rotatable bonds is 6. The van der Waals surface area contributed by atoms with Crippen LogP contribution in [0.5, 0.6) is 5.75 Å². The standard InChI is InChI=1S/C21H21N3O3S/c1-14-9-17(24-27-14)13-28-21-18(6-4-8-22-21)20(25)23-11-15-10-16-5-2-3-7-19(16)26-12-15/h2-9,15H,10-13H2,1H3,(H,23,25). The van der Waals surface area contributed by atoms with Crippen LogP contribution in [-0.4, -0.2) is 29.2 Å². The number of carbonyl (C=O) groups is 1. The molecule has 2 aromatic heterocycles. The van der Waals surface area contributed by atoms with Crippen LogP contribution in [-0.2, 0) is 12.2 Å². The minimum absolute atomic E-state index is 0.120. The number of fused-ring (bicyclic) bond motifs is 1. The van der Waals surface area contributed by atoms with Gasteiger partial charge in [-0.15, -0.1) is 0 Å². The topological polar surface area (TPSA) is 77.2 Å². The summed E-state index contributed by atoms with van der Waals surface area (Å²) in [5, 5.41) is 7.71. The third-order valence-corrected chi connectivity index (χ3v) is 5.60. The van der Waals surface area contributed by atoms with Crippen molar-refractivity contribution in [3.05, 3.63) is 71.2 Å². The van der Waals surface area contributed by atoms with Gasteiger partial charge in [0.15, 0.2) is 0 Å². The summed E-state index contributed by atoms with van der Waals surface area (Å²) in [6, 6.07) is 13.5. The Morgan fingerprint density at radius 2 is 2.18 bits per heavy atom. The highest BCUT2D eigenvalue weighted by molar-refractivity contribution is 7.98. The molecular formula is C21H21N3O3S. The first-order valence-electron chi connectivity index (χ1n) is 9.18. The fourth-order valence-corrected chi connectivity index (χ4v) is 4.03. The molecule has 3 heterocycles. The van der Waals surface area contributed by atoms with Gasteiger partial charge in [0.25, 0.3) is 5.91 Å². The number of pyridine rings is 1. The summed E-state index contributed by atoms with van der Waals surface area (Å²) >= 11 is 1.47. The smallest absolute Gasteiger partial charge is 0.254 e. The van der Waals surface area contributed by atoms with Gasteiger partial charge >= 0.3 is 0 Å². The number of aromatic nitrogens is 2. The van der Waals surface area contributed by atoms with E-state index in [4.69, 9.17) is 9.26 Å². The number of carbonyl (C=O) groups excluding carboxylic acids is 1. The number of nitrogens with zero attached hydrogens (tertiary/aromatic N) is 2. The third-order valence-electron chi connectivity index (χ3n) is 4.56. The second-order valence-electron chi connectivity index (χ2n) is 6.77. The zero-order valence-corrected chi connectivity index (χ0v) is 16.4. The van der Waals surface area contributed by atoms with E-state index in [0.29, 0.717) is 29.5 Å². The van der Waals surface area contributed by atoms with Gasteiger partial charge in [-0.1, -0.05) is 35.1 Å². The zero-order valence-electron chi connectivity index (χ0n) is 15.6. The maximum absolute atomic E-state index is 12.7. The number of hydrogen-bond donors (Lipinski definition) is 1. The van der Waals surface area contributed by atoms with Crippen molar-refractivity contribution < 1.29 is 14.1 Å². The lowest BCUT2D eigenvalue weighted by Crippen LogP contribution is -2.35. The molecule has 4 rings (SSSR count). The van der Waals surface area contributed by atoms with Crippen molar-refractivity contribution >= 4 is 17.7 Å². The molecule has 0 saturated carbocycles. The number of amides is 1. The Bertz CT molecular complexity index is 973. The quantitative estimate of drug-likeness (QED) is 0.642. The Labute approximate surface area is 167 Å². The van der Waals surface area contributed by atoms with Gasteiger partial charge in [-0.3, -0.25) is 4.79 Å². The predicted octanol–water partition coefficient (Wildman–Crippen LogP) is 3.65. The maximum Gasteiger partial charge on any atom is 0.254 e. The van der Waals surface area contributed by atoms with Crippen LogP contribution in [0.1, 0.15) is 27.4 Å². The van der Waals surface area contributed by atoms with Gasteiger partial charge in [0.1, 0.15) is 16.5 Å². The van der Waals surface area contributed by atoms with Gasteiger partial charge in [0, 0.05) is 30.5 Å². The molecule has 0 fully saturated rings. The number of aryl methyl sites for hydroxylation is 1. The second-order valence-corrected chi connectivity index (χ2v) is 7.74. The Hall–Kier alpha value is -2.80. The second kappa shape index (κ2) is 8.48. The van der Waals surface area contributed by atoms with E-state index < -0.39 is 0 Å². The van der Waals surface area contributed by atoms with Crippen LogP contribution in [0.4, 0.5) is 0 Å². The van der Waals surface area contributed by atoms with Crippen LogP contribution in [0, 0.1) is 12.8 Å². The largest absolute Gasteiger partial charge is 0.493 e. The Morgan fingerprint density at radius 1 is 1.29 bits per heavy atom. The SMILES string of the molecule is Cc1cc(CSc2ncccc2C(=O)NCC2COc3ccccc3C2)no1. The van der Waals surface area contributed by atoms with Gasteiger partial charge in [-0.2, -0.15) is 0 Å². The molecule has 1 aliphatic heterocycles. The van der Waals surface area contributed by atoms with Crippen molar-refractivity contribution in [1.82, 2.24) is 15.5 Å². The lowest BCUT2D eigenvalue weighted by molar-refractivity contribution is 0.0935. The number of thioether (sulfide) groups is 1.